The summed E-state index contributed by atoms with van der Waals surface area (Å²) >= 11 is 10.7. The quantitative estimate of drug-likeness (QED) is 0.837. The highest BCUT2D eigenvalue weighted by atomic mass is 35.5. The first-order chi connectivity index (χ1) is 8.43. The molecule has 0 fully saturated rings. The van der Waals surface area contributed by atoms with Crippen LogP contribution in [-0.4, -0.2) is 24.9 Å². The fourth-order valence-corrected chi connectivity index (χ4v) is 1.87. The summed E-state index contributed by atoms with van der Waals surface area (Å²) in [5.41, 5.74) is -0.0554. The molecule has 0 saturated carbocycles. The fraction of sp³-hybridized carbons (Fsp3) is 0.364. The molecule has 0 spiro atoms. The Morgan fingerprint density at radius 1 is 1.50 bits per heavy atom. The van der Waals surface area contributed by atoms with E-state index < -0.39 is 11.6 Å². The van der Waals surface area contributed by atoms with Crippen molar-refractivity contribution in [1.82, 2.24) is 5.32 Å². The molecule has 0 aromatic heterocycles. The van der Waals surface area contributed by atoms with Gasteiger partial charge in [0.25, 0.3) is 0 Å². The van der Waals surface area contributed by atoms with Crippen molar-refractivity contribution in [2.75, 3.05) is 19.0 Å². The van der Waals surface area contributed by atoms with Gasteiger partial charge >= 0.3 is 0 Å². The SMILES string of the molecule is COCC(C)NC(=S)Nc1c(F)cc(F)cc1Cl. The average Bonchev–Trinajstić information content (AvgIpc) is 2.23. The van der Waals surface area contributed by atoms with Crippen molar-refractivity contribution in [3.63, 3.8) is 0 Å². The molecule has 0 aliphatic heterocycles. The van der Waals surface area contributed by atoms with Crippen molar-refractivity contribution in [3.05, 3.63) is 28.8 Å². The molecule has 18 heavy (non-hydrogen) atoms. The molecular weight excluding hydrogens is 282 g/mol. The van der Waals surface area contributed by atoms with Gasteiger partial charge in [-0.1, -0.05) is 11.6 Å². The van der Waals surface area contributed by atoms with Crippen LogP contribution in [0.5, 0.6) is 0 Å². The van der Waals surface area contributed by atoms with Crippen LogP contribution in [0.4, 0.5) is 14.5 Å². The van der Waals surface area contributed by atoms with Gasteiger partial charge in [0.15, 0.2) is 10.9 Å². The number of rotatable bonds is 4. The molecule has 0 heterocycles. The van der Waals surface area contributed by atoms with Gasteiger partial charge in [-0.15, -0.1) is 0 Å². The van der Waals surface area contributed by atoms with Gasteiger partial charge in [-0.25, -0.2) is 8.78 Å². The predicted molar refractivity (Wildman–Crippen MR) is 72.1 cm³/mol. The van der Waals surface area contributed by atoms with E-state index in [0.717, 1.165) is 12.1 Å². The molecule has 0 bridgehead atoms. The smallest absolute Gasteiger partial charge is 0.171 e. The summed E-state index contributed by atoms with van der Waals surface area (Å²) in [6.45, 7) is 2.29. The standard InChI is InChI=1S/C11H13ClF2N2OS/c1-6(5-17-2)15-11(18)16-10-8(12)3-7(13)4-9(10)14/h3-4,6H,5H2,1-2H3,(H2,15,16,18). The monoisotopic (exact) mass is 294 g/mol. The summed E-state index contributed by atoms with van der Waals surface area (Å²) < 4.78 is 31.2. The highest BCUT2D eigenvalue weighted by molar-refractivity contribution is 7.80. The van der Waals surface area contributed by atoms with Crippen LogP contribution in [0.25, 0.3) is 0 Å². The maximum Gasteiger partial charge on any atom is 0.171 e. The number of halogens is 3. The molecule has 0 aliphatic rings. The van der Waals surface area contributed by atoms with Crippen molar-refractivity contribution in [2.24, 2.45) is 0 Å². The van der Waals surface area contributed by atoms with E-state index in [-0.39, 0.29) is 21.9 Å². The first-order valence-corrected chi connectivity index (χ1v) is 5.93. The Morgan fingerprint density at radius 3 is 2.72 bits per heavy atom. The van der Waals surface area contributed by atoms with E-state index in [4.69, 9.17) is 28.6 Å². The van der Waals surface area contributed by atoms with Crippen molar-refractivity contribution >= 4 is 34.6 Å². The van der Waals surface area contributed by atoms with Crippen LogP contribution < -0.4 is 10.6 Å². The van der Waals surface area contributed by atoms with Crippen LogP contribution >= 0.6 is 23.8 Å². The Morgan fingerprint density at radius 2 is 2.17 bits per heavy atom. The van der Waals surface area contributed by atoms with Crippen LogP contribution in [0.15, 0.2) is 12.1 Å². The highest BCUT2D eigenvalue weighted by Gasteiger charge is 2.12. The van der Waals surface area contributed by atoms with Gasteiger partial charge in [0.1, 0.15) is 5.82 Å². The van der Waals surface area contributed by atoms with E-state index in [0.29, 0.717) is 6.61 Å². The molecule has 1 unspecified atom stereocenters. The van der Waals surface area contributed by atoms with E-state index in [1.807, 2.05) is 6.92 Å². The topological polar surface area (TPSA) is 33.3 Å². The first kappa shape index (κ1) is 15.1. The molecule has 0 radical (unpaired) electrons. The van der Waals surface area contributed by atoms with E-state index in [2.05, 4.69) is 10.6 Å². The van der Waals surface area contributed by atoms with Gasteiger partial charge in [0.2, 0.25) is 0 Å². The molecule has 1 aromatic rings. The van der Waals surface area contributed by atoms with Crippen LogP contribution in [0.3, 0.4) is 0 Å². The number of ether oxygens (including phenoxy) is 1. The lowest BCUT2D eigenvalue weighted by Crippen LogP contribution is -2.38. The highest BCUT2D eigenvalue weighted by Crippen LogP contribution is 2.26. The van der Waals surface area contributed by atoms with Crippen LogP contribution in [0.2, 0.25) is 5.02 Å². The molecule has 100 valence electrons. The van der Waals surface area contributed by atoms with Crippen molar-refractivity contribution in [2.45, 2.75) is 13.0 Å². The lowest BCUT2D eigenvalue weighted by atomic mass is 10.3. The number of thiocarbonyl (C=S) groups is 1. The number of benzene rings is 1. The van der Waals surface area contributed by atoms with Crippen LogP contribution in [-0.2, 0) is 4.74 Å². The van der Waals surface area contributed by atoms with Crippen molar-refractivity contribution in [3.8, 4) is 0 Å². The number of hydrogen-bond donors (Lipinski definition) is 2. The molecule has 1 aromatic carbocycles. The Balaban J connectivity index is 2.70. The second kappa shape index (κ2) is 6.82. The van der Waals surface area contributed by atoms with E-state index in [9.17, 15) is 8.78 Å². The summed E-state index contributed by atoms with van der Waals surface area (Å²) in [7, 11) is 1.56. The van der Waals surface area contributed by atoms with Gasteiger partial charge in [-0.2, -0.15) is 0 Å². The summed E-state index contributed by atoms with van der Waals surface area (Å²) in [5.74, 6) is -1.54. The molecular formula is C11H13ClF2N2OS. The minimum atomic E-state index is -0.802. The van der Waals surface area contributed by atoms with E-state index >= 15 is 0 Å². The zero-order chi connectivity index (χ0) is 13.7. The van der Waals surface area contributed by atoms with Gasteiger partial charge in [0.05, 0.1) is 17.3 Å². The summed E-state index contributed by atoms with van der Waals surface area (Å²) in [6.07, 6.45) is 0. The molecule has 2 N–H and O–H groups in total. The summed E-state index contributed by atoms with van der Waals surface area (Å²) in [6, 6.07) is 1.70. The average molecular weight is 295 g/mol. The second-order valence-electron chi connectivity index (χ2n) is 3.70. The van der Waals surface area contributed by atoms with Crippen LogP contribution in [0, 0.1) is 11.6 Å². The summed E-state index contributed by atoms with van der Waals surface area (Å²) in [5, 5.41) is 5.57. The molecule has 7 heteroatoms. The van der Waals surface area contributed by atoms with E-state index in [1.54, 1.807) is 7.11 Å². The molecule has 0 saturated heterocycles. The van der Waals surface area contributed by atoms with Gasteiger partial charge in [-0.05, 0) is 25.2 Å². The molecule has 0 aliphatic carbocycles. The lowest BCUT2D eigenvalue weighted by Gasteiger charge is -2.17. The number of methoxy groups -OCH3 is 1. The maximum atomic E-state index is 13.5. The first-order valence-electron chi connectivity index (χ1n) is 5.15. The number of nitrogens with one attached hydrogen (secondary N) is 2. The second-order valence-corrected chi connectivity index (χ2v) is 4.51. The minimum absolute atomic E-state index is 0.0442. The van der Waals surface area contributed by atoms with Crippen LogP contribution in [0.1, 0.15) is 6.92 Å². The van der Waals surface area contributed by atoms with Gasteiger partial charge in [0, 0.05) is 19.2 Å². The lowest BCUT2D eigenvalue weighted by molar-refractivity contribution is 0.179. The Bertz CT molecular complexity index is 422. The maximum absolute atomic E-state index is 13.5. The molecule has 3 nitrogen and oxygen atoms in total. The van der Waals surface area contributed by atoms with Gasteiger partial charge in [-0.3, -0.25) is 0 Å². The normalized spacial score (nSPS) is 12.1. The number of anilines is 1. The summed E-state index contributed by atoms with van der Waals surface area (Å²) in [4.78, 5) is 0. The minimum Gasteiger partial charge on any atom is -0.383 e. The third-order valence-corrected chi connectivity index (χ3v) is 2.56. The largest absolute Gasteiger partial charge is 0.383 e. The van der Waals surface area contributed by atoms with Crippen molar-refractivity contribution < 1.29 is 13.5 Å². The zero-order valence-corrected chi connectivity index (χ0v) is 11.5. The Kier molecular flexibility index (Phi) is 5.71. The molecule has 0 amide bonds. The third kappa shape index (κ3) is 4.36. The van der Waals surface area contributed by atoms with E-state index in [1.165, 1.54) is 0 Å². The van der Waals surface area contributed by atoms with Crippen molar-refractivity contribution in [1.29, 1.82) is 0 Å². The third-order valence-electron chi connectivity index (χ3n) is 2.04. The number of hydrogen-bond acceptors (Lipinski definition) is 2. The molecule has 1 atom stereocenters. The Hall–Kier alpha value is -0.980. The Labute approximate surface area is 114 Å². The van der Waals surface area contributed by atoms with Gasteiger partial charge < -0.3 is 15.4 Å². The molecule has 1 rings (SSSR count). The fourth-order valence-electron chi connectivity index (χ4n) is 1.33. The predicted octanol–water partition coefficient (Wildman–Crippen LogP) is 2.94. The zero-order valence-electron chi connectivity index (χ0n) is 9.89.